The smallest absolute Gasteiger partial charge is 0.0194 e. The van der Waals surface area contributed by atoms with Gasteiger partial charge in [-0.3, -0.25) is 0 Å². The van der Waals surface area contributed by atoms with Gasteiger partial charge in [0.15, 0.2) is 0 Å². The van der Waals surface area contributed by atoms with Crippen LogP contribution in [0.25, 0.3) is 0 Å². The quantitative estimate of drug-likeness (QED) is 0.381. The maximum absolute atomic E-state index is 4.27. The van der Waals surface area contributed by atoms with Crippen LogP contribution in [0.15, 0.2) is 42.5 Å². The Morgan fingerprint density at radius 1 is 1.06 bits per heavy atom. The molecule has 0 radical (unpaired) electrons. The fourth-order valence-corrected chi connectivity index (χ4v) is 2.31. The summed E-state index contributed by atoms with van der Waals surface area (Å²) >= 11 is 0. The second kappa shape index (κ2) is 8.97. The van der Waals surface area contributed by atoms with Crippen molar-refractivity contribution in [1.29, 1.82) is 0 Å². The molecule has 0 spiro atoms. The van der Waals surface area contributed by atoms with Crippen molar-refractivity contribution in [3.63, 3.8) is 0 Å². The largest absolute Gasteiger partial charge is 0.0996 e. The van der Waals surface area contributed by atoms with Crippen LogP contribution in [-0.2, 0) is 6.42 Å². The number of rotatable bonds is 9. The lowest BCUT2D eigenvalue weighted by molar-refractivity contribution is 0.587. The van der Waals surface area contributed by atoms with Gasteiger partial charge in [-0.15, -0.1) is 0 Å². The Balaban J connectivity index is 2.21. The van der Waals surface area contributed by atoms with Crippen LogP contribution in [0.5, 0.6) is 0 Å². The third kappa shape index (κ3) is 6.05. The summed E-state index contributed by atoms with van der Waals surface area (Å²) in [6.07, 6.45) is 9.11. The number of allylic oxidation sites excluding steroid dienone is 1. The van der Waals surface area contributed by atoms with Crippen LogP contribution in [0.2, 0.25) is 0 Å². The first-order valence-electron chi connectivity index (χ1n) is 7.45. The number of hydrogen-bond donors (Lipinski definition) is 0. The van der Waals surface area contributed by atoms with Crippen molar-refractivity contribution >= 4 is 0 Å². The van der Waals surface area contributed by atoms with E-state index in [-0.39, 0.29) is 0 Å². The van der Waals surface area contributed by atoms with Gasteiger partial charge in [-0.2, -0.15) is 0 Å². The number of unbranched alkanes of at least 4 members (excludes halogenated alkanes) is 4. The summed E-state index contributed by atoms with van der Waals surface area (Å²) in [6.45, 7) is 8.84. The summed E-state index contributed by atoms with van der Waals surface area (Å²) in [5.41, 5.74) is 2.85. The monoisotopic (exact) mass is 244 g/mol. The molecule has 0 N–H and O–H groups in total. The molecule has 1 rings (SSSR count). The summed E-state index contributed by atoms with van der Waals surface area (Å²) in [4.78, 5) is 0. The third-order valence-electron chi connectivity index (χ3n) is 3.68. The van der Waals surface area contributed by atoms with Crippen molar-refractivity contribution in [3.05, 3.63) is 48.0 Å². The lowest BCUT2D eigenvalue weighted by atomic mass is 9.91. The van der Waals surface area contributed by atoms with Gasteiger partial charge >= 0.3 is 0 Å². The van der Waals surface area contributed by atoms with E-state index in [1.54, 1.807) is 0 Å². The summed E-state index contributed by atoms with van der Waals surface area (Å²) in [7, 11) is 0. The van der Waals surface area contributed by atoms with Crippen LogP contribution in [-0.4, -0.2) is 0 Å². The summed E-state index contributed by atoms with van der Waals surface area (Å²) < 4.78 is 0. The molecule has 100 valence electrons. The molecule has 0 fully saturated rings. The van der Waals surface area contributed by atoms with Crippen LogP contribution in [0.1, 0.15) is 57.9 Å². The second-order valence-corrected chi connectivity index (χ2v) is 5.41. The predicted octanol–water partition coefficient (Wildman–Crippen LogP) is 5.78. The van der Waals surface area contributed by atoms with Crippen molar-refractivity contribution in [2.24, 2.45) is 5.92 Å². The van der Waals surface area contributed by atoms with E-state index in [2.05, 4.69) is 50.8 Å². The number of benzene rings is 1. The van der Waals surface area contributed by atoms with Crippen LogP contribution < -0.4 is 0 Å². The zero-order valence-electron chi connectivity index (χ0n) is 12.1. The highest BCUT2D eigenvalue weighted by molar-refractivity contribution is 5.17. The molecule has 0 aliphatic carbocycles. The molecule has 0 aromatic heterocycles. The average Bonchev–Trinajstić information content (AvgIpc) is 2.39. The SMILES string of the molecule is C=C(CCCCCCC)C(C)Cc1ccccc1. The van der Waals surface area contributed by atoms with Gasteiger partial charge in [0.2, 0.25) is 0 Å². The van der Waals surface area contributed by atoms with E-state index in [1.165, 1.54) is 49.7 Å². The fourth-order valence-electron chi connectivity index (χ4n) is 2.31. The average molecular weight is 244 g/mol. The first-order chi connectivity index (χ1) is 8.74. The molecule has 0 bridgehead atoms. The Morgan fingerprint density at radius 2 is 1.72 bits per heavy atom. The van der Waals surface area contributed by atoms with Crippen molar-refractivity contribution in [2.45, 2.75) is 58.8 Å². The van der Waals surface area contributed by atoms with E-state index in [1.807, 2.05) is 0 Å². The molecule has 0 saturated heterocycles. The van der Waals surface area contributed by atoms with Gasteiger partial charge < -0.3 is 0 Å². The van der Waals surface area contributed by atoms with Gasteiger partial charge in [0, 0.05) is 0 Å². The Hall–Kier alpha value is -1.04. The molecule has 18 heavy (non-hydrogen) atoms. The molecule has 0 saturated carbocycles. The molecule has 0 nitrogen and oxygen atoms in total. The molecule has 0 heteroatoms. The highest BCUT2D eigenvalue weighted by Crippen LogP contribution is 2.20. The molecule has 0 aliphatic heterocycles. The van der Waals surface area contributed by atoms with Gasteiger partial charge in [0.25, 0.3) is 0 Å². The van der Waals surface area contributed by atoms with E-state index >= 15 is 0 Å². The topological polar surface area (TPSA) is 0 Å². The van der Waals surface area contributed by atoms with Crippen LogP contribution >= 0.6 is 0 Å². The Morgan fingerprint density at radius 3 is 2.39 bits per heavy atom. The predicted molar refractivity (Wildman–Crippen MR) is 81.8 cm³/mol. The summed E-state index contributed by atoms with van der Waals surface area (Å²) in [5, 5.41) is 0. The Bertz CT molecular complexity index is 323. The molecule has 1 aromatic rings. The minimum absolute atomic E-state index is 0.610. The summed E-state index contributed by atoms with van der Waals surface area (Å²) in [5.74, 6) is 0.610. The highest BCUT2D eigenvalue weighted by Gasteiger charge is 2.07. The minimum Gasteiger partial charge on any atom is -0.0996 e. The van der Waals surface area contributed by atoms with E-state index in [9.17, 15) is 0 Å². The zero-order chi connectivity index (χ0) is 13.2. The molecule has 1 aromatic carbocycles. The van der Waals surface area contributed by atoms with Crippen molar-refractivity contribution in [3.8, 4) is 0 Å². The molecule has 1 atom stereocenters. The lowest BCUT2D eigenvalue weighted by Crippen LogP contribution is -2.03. The molecule has 1 unspecified atom stereocenters. The molecule has 0 amide bonds. The van der Waals surface area contributed by atoms with Gasteiger partial charge in [0.05, 0.1) is 0 Å². The first-order valence-corrected chi connectivity index (χ1v) is 7.45. The van der Waals surface area contributed by atoms with E-state index in [4.69, 9.17) is 0 Å². The molecular weight excluding hydrogens is 216 g/mol. The number of hydrogen-bond acceptors (Lipinski definition) is 0. The summed E-state index contributed by atoms with van der Waals surface area (Å²) in [6, 6.07) is 10.7. The maximum Gasteiger partial charge on any atom is -0.0194 e. The standard InChI is InChI=1S/C18H28/c1-4-5-6-7-9-12-16(2)17(3)15-18-13-10-8-11-14-18/h8,10-11,13-14,17H,2,4-7,9,12,15H2,1,3H3. The second-order valence-electron chi connectivity index (χ2n) is 5.41. The molecule has 0 heterocycles. The molecule has 0 aliphatic rings. The van der Waals surface area contributed by atoms with Gasteiger partial charge in [-0.05, 0) is 30.7 Å². The lowest BCUT2D eigenvalue weighted by Gasteiger charge is -2.15. The highest BCUT2D eigenvalue weighted by atomic mass is 14.1. The van der Waals surface area contributed by atoms with Crippen molar-refractivity contribution in [1.82, 2.24) is 0 Å². The Labute approximate surface area is 113 Å². The maximum atomic E-state index is 4.27. The fraction of sp³-hybridized carbons (Fsp3) is 0.556. The van der Waals surface area contributed by atoms with E-state index in [0.717, 1.165) is 6.42 Å². The zero-order valence-corrected chi connectivity index (χ0v) is 12.1. The van der Waals surface area contributed by atoms with Crippen LogP contribution in [0, 0.1) is 5.92 Å². The van der Waals surface area contributed by atoms with Crippen molar-refractivity contribution < 1.29 is 0 Å². The van der Waals surface area contributed by atoms with E-state index < -0.39 is 0 Å². The van der Waals surface area contributed by atoms with Crippen molar-refractivity contribution in [2.75, 3.05) is 0 Å². The van der Waals surface area contributed by atoms with Crippen LogP contribution in [0.4, 0.5) is 0 Å². The van der Waals surface area contributed by atoms with Gasteiger partial charge in [0.1, 0.15) is 0 Å². The third-order valence-corrected chi connectivity index (χ3v) is 3.68. The minimum atomic E-state index is 0.610. The van der Waals surface area contributed by atoms with Gasteiger partial charge in [-0.25, -0.2) is 0 Å². The van der Waals surface area contributed by atoms with Crippen LogP contribution in [0.3, 0.4) is 0 Å². The van der Waals surface area contributed by atoms with E-state index in [0.29, 0.717) is 5.92 Å². The molecular formula is C18H28. The normalized spacial score (nSPS) is 12.3. The van der Waals surface area contributed by atoms with Gasteiger partial charge in [-0.1, -0.05) is 82.0 Å². The Kier molecular flexibility index (Phi) is 7.48. The first kappa shape index (κ1) is 15.0.